The lowest BCUT2D eigenvalue weighted by molar-refractivity contribution is 0.637. The van der Waals surface area contributed by atoms with Gasteiger partial charge >= 0.3 is 0 Å². The third kappa shape index (κ3) is 3.16. The van der Waals surface area contributed by atoms with E-state index in [4.69, 9.17) is 5.84 Å². The van der Waals surface area contributed by atoms with Crippen LogP contribution in [0.1, 0.15) is 17.2 Å². The van der Waals surface area contributed by atoms with Gasteiger partial charge in [0.15, 0.2) is 0 Å². The number of hydrazine groups is 1. The number of benzene rings is 2. The average Bonchev–Trinajstić information content (AvgIpc) is 2.35. The second-order valence-corrected chi connectivity index (χ2v) is 5.53. The van der Waals surface area contributed by atoms with E-state index in [0.717, 1.165) is 20.1 Å². The van der Waals surface area contributed by atoms with Gasteiger partial charge in [0.25, 0.3) is 0 Å². The summed E-state index contributed by atoms with van der Waals surface area (Å²) in [6, 6.07) is 16.3. The van der Waals surface area contributed by atoms with Gasteiger partial charge in [-0.3, -0.25) is 5.84 Å². The monoisotopic (exact) mass is 354 g/mol. The van der Waals surface area contributed by atoms with Crippen molar-refractivity contribution in [3.63, 3.8) is 0 Å². The molecular weight excluding hydrogens is 344 g/mol. The first-order valence-corrected chi connectivity index (χ1v) is 6.76. The highest BCUT2D eigenvalue weighted by Crippen LogP contribution is 2.24. The molecule has 0 aliphatic carbocycles. The molecule has 4 heteroatoms. The van der Waals surface area contributed by atoms with Crippen molar-refractivity contribution in [3.8, 4) is 0 Å². The lowest BCUT2D eigenvalue weighted by Gasteiger charge is -2.17. The van der Waals surface area contributed by atoms with Crippen molar-refractivity contribution in [2.75, 3.05) is 0 Å². The summed E-state index contributed by atoms with van der Waals surface area (Å²) in [6.45, 7) is 0. The van der Waals surface area contributed by atoms with Crippen LogP contribution in [0.3, 0.4) is 0 Å². The van der Waals surface area contributed by atoms with E-state index < -0.39 is 0 Å². The Hall–Kier alpha value is -0.680. The number of nitrogens with one attached hydrogen (secondary N) is 1. The van der Waals surface area contributed by atoms with E-state index in [1.807, 2.05) is 24.3 Å². The highest BCUT2D eigenvalue weighted by Gasteiger charge is 2.11. The first-order chi connectivity index (χ1) is 8.20. The highest BCUT2D eigenvalue weighted by atomic mass is 79.9. The molecule has 0 amide bonds. The van der Waals surface area contributed by atoms with Crippen LogP contribution in [0.25, 0.3) is 0 Å². The second kappa shape index (κ2) is 5.78. The third-order valence-corrected chi connectivity index (χ3v) is 3.63. The number of hydrogen-bond acceptors (Lipinski definition) is 2. The van der Waals surface area contributed by atoms with Crippen LogP contribution >= 0.6 is 31.9 Å². The molecule has 17 heavy (non-hydrogen) atoms. The first kappa shape index (κ1) is 12.8. The van der Waals surface area contributed by atoms with Crippen molar-refractivity contribution in [2.45, 2.75) is 6.04 Å². The molecule has 0 heterocycles. The fourth-order valence-electron chi connectivity index (χ4n) is 1.70. The van der Waals surface area contributed by atoms with Crippen molar-refractivity contribution >= 4 is 31.9 Å². The van der Waals surface area contributed by atoms with Crippen molar-refractivity contribution < 1.29 is 0 Å². The summed E-state index contributed by atoms with van der Waals surface area (Å²) in [5.74, 6) is 5.64. The average molecular weight is 356 g/mol. The molecule has 0 saturated carbocycles. The van der Waals surface area contributed by atoms with E-state index in [9.17, 15) is 0 Å². The normalized spacial score (nSPS) is 10.8. The molecule has 0 radical (unpaired) electrons. The molecule has 0 spiro atoms. The summed E-state index contributed by atoms with van der Waals surface area (Å²) in [7, 11) is 0. The van der Waals surface area contributed by atoms with Crippen LogP contribution in [0, 0.1) is 0 Å². The Morgan fingerprint density at radius 2 is 1.12 bits per heavy atom. The Morgan fingerprint density at radius 3 is 1.41 bits per heavy atom. The SMILES string of the molecule is NNC(c1ccc(Br)cc1)c1ccc(Br)cc1. The van der Waals surface area contributed by atoms with Crippen molar-refractivity contribution in [1.29, 1.82) is 0 Å². The third-order valence-electron chi connectivity index (χ3n) is 2.57. The van der Waals surface area contributed by atoms with Crippen LogP contribution in [-0.2, 0) is 0 Å². The molecule has 88 valence electrons. The van der Waals surface area contributed by atoms with Crippen molar-refractivity contribution in [2.24, 2.45) is 5.84 Å². The van der Waals surface area contributed by atoms with Crippen LogP contribution in [0.4, 0.5) is 0 Å². The lowest BCUT2D eigenvalue weighted by atomic mass is 10.00. The zero-order valence-electron chi connectivity index (χ0n) is 9.03. The molecule has 2 aromatic rings. The lowest BCUT2D eigenvalue weighted by Crippen LogP contribution is -2.28. The molecule has 0 aliphatic heterocycles. The predicted octanol–water partition coefficient (Wildman–Crippen LogP) is 3.76. The molecule has 2 rings (SSSR count). The number of hydrogen-bond donors (Lipinski definition) is 2. The maximum absolute atomic E-state index is 5.64. The molecule has 0 unspecified atom stereocenters. The van der Waals surface area contributed by atoms with Crippen LogP contribution in [-0.4, -0.2) is 0 Å². The van der Waals surface area contributed by atoms with Crippen molar-refractivity contribution in [3.05, 3.63) is 68.6 Å². The summed E-state index contributed by atoms with van der Waals surface area (Å²) < 4.78 is 2.13. The maximum Gasteiger partial charge on any atom is 0.0710 e. The zero-order valence-corrected chi connectivity index (χ0v) is 12.2. The largest absolute Gasteiger partial charge is 0.271 e. The van der Waals surface area contributed by atoms with Crippen LogP contribution in [0.5, 0.6) is 0 Å². The van der Waals surface area contributed by atoms with Gasteiger partial charge in [0.05, 0.1) is 6.04 Å². The molecule has 0 bridgehead atoms. The van der Waals surface area contributed by atoms with E-state index in [-0.39, 0.29) is 6.04 Å². The van der Waals surface area contributed by atoms with Gasteiger partial charge in [-0.15, -0.1) is 0 Å². The highest BCUT2D eigenvalue weighted by molar-refractivity contribution is 9.10. The van der Waals surface area contributed by atoms with Crippen LogP contribution < -0.4 is 11.3 Å². The van der Waals surface area contributed by atoms with E-state index in [1.54, 1.807) is 0 Å². The number of halogens is 2. The molecule has 3 N–H and O–H groups in total. The second-order valence-electron chi connectivity index (χ2n) is 3.70. The molecule has 2 aromatic carbocycles. The molecule has 0 saturated heterocycles. The minimum Gasteiger partial charge on any atom is -0.271 e. The predicted molar refractivity (Wildman–Crippen MR) is 77.5 cm³/mol. The number of nitrogens with two attached hydrogens (primary N) is 1. The van der Waals surface area contributed by atoms with Gasteiger partial charge in [-0.2, -0.15) is 0 Å². The summed E-state index contributed by atoms with van der Waals surface area (Å²) in [5.41, 5.74) is 5.12. The Balaban J connectivity index is 2.33. The van der Waals surface area contributed by atoms with E-state index >= 15 is 0 Å². The van der Waals surface area contributed by atoms with E-state index in [1.165, 1.54) is 0 Å². The standard InChI is InChI=1S/C13H12Br2N2/c14-11-5-1-9(2-6-11)13(17-16)10-3-7-12(15)8-4-10/h1-8,13,17H,16H2. The quantitative estimate of drug-likeness (QED) is 0.649. The maximum atomic E-state index is 5.64. The van der Waals surface area contributed by atoms with Gasteiger partial charge < -0.3 is 0 Å². The topological polar surface area (TPSA) is 38.0 Å². The molecule has 2 nitrogen and oxygen atoms in total. The Morgan fingerprint density at radius 1 is 0.765 bits per heavy atom. The Kier molecular flexibility index (Phi) is 4.34. The molecular formula is C13H12Br2N2. The fraction of sp³-hybridized carbons (Fsp3) is 0.0769. The minimum atomic E-state index is 0.0104. The van der Waals surface area contributed by atoms with Crippen LogP contribution in [0.15, 0.2) is 57.5 Å². The first-order valence-electron chi connectivity index (χ1n) is 5.18. The molecule has 0 aliphatic rings. The van der Waals surface area contributed by atoms with Gasteiger partial charge in [0, 0.05) is 8.95 Å². The number of rotatable bonds is 3. The smallest absolute Gasteiger partial charge is 0.0710 e. The molecule has 0 aromatic heterocycles. The summed E-state index contributed by atoms with van der Waals surface area (Å²) >= 11 is 6.85. The minimum absolute atomic E-state index is 0.0104. The summed E-state index contributed by atoms with van der Waals surface area (Å²) in [4.78, 5) is 0. The van der Waals surface area contributed by atoms with E-state index in [2.05, 4.69) is 61.6 Å². The molecule has 0 fully saturated rings. The van der Waals surface area contributed by atoms with Crippen LogP contribution in [0.2, 0.25) is 0 Å². The Labute approximate surface area is 117 Å². The van der Waals surface area contributed by atoms with Gasteiger partial charge in [-0.1, -0.05) is 56.1 Å². The zero-order chi connectivity index (χ0) is 12.3. The summed E-state index contributed by atoms with van der Waals surface area (Å²) in [5, 5.41) is 0. The summed E-state index contributed by atoms with van der Waals surface area (Å²) in [6.07, 6.45) is 0. The van der Waals surface area contributed by atoms with Crippen molar-refractivity contribution in [1.82, 2.24) is 5.43 Å². The fourth-order valence-corrected chi connectivity index (χ4v) is 2.22. The van der Waals surface area contributed by atoms with Gasteiger partial charge in [0.2, 0.25) is 0 Å². The van der Waals surface area contributed by atoms with E-state index in [0.29, 0.717) is 0 Å². The van der Waals surface area contributed by atoms with Gasteiger partial charge in [-0.05, 0) is 35.4 Å². The Bertz CT molecular complexity index is 434. The van der Waals surface area contributed by atoms with Gasteiger partial charge in [0.1, 0.15) is 0 Å². The molecule has 0 atom stereocenters. The van der Waals surface area contributed by atoms with Gasteiger partial charge in [-0.25, -0.2) is 5.43 Å².